The molecule has 0 aliphatic rings. The van der Waals surface area contributed by atoms with Gasteiger partial charge in [-0.2, -0.15) is 0 Å². The molecule has 0 saturated heterocycles. The largest absolute Gasteiger partial charge is 0.321 e. The van der Waals surface area contributed by atoms with Gasteiger partial charge in [-0.3, -0.25) is 4.79 Å². The van der Waals surface area contributed by atoms with Gasteiger partial charge in [0, 0.05) is 5.56 Å². The van der Waals surface area contributed by atoms with Gasteiger partial charge in [0.1, 0.15) is 0 Å². The van der Waals surface area contributed by atoms with Crippen LogP contribution in [0.15, 0.2) is 42.5 Å². The van der Waals surface area contributed by atoms with E-state index in [0.717, 1.165) is 35.6 Å². The normalized spacial score (nSPS) is 12.6. The molecule has 2 aromatic carbocycles. The lowest BCUT2D eigenvalue weighted by Gasteiger charge is -2.11. The first-order valence-corrected chi connectivity index (χ1v) is 6.51. The van der Waals surface area contributed by atoms with Crippen LogP contribution in [0.25, 0.3) is 10.8 Å². The molecule has 1 atom stereocenters. The van der Waals surface area contributed by atoms with Crippen molar-refractivity contribution < 1.29 is 4.79 Å². The molecule has 0 amide bonds. The van der Waals surface area contributed by atoms with Crippen LogP contribution < -0.4 is 5.73 Å². The Kier molecular flexibility index (Phi) is 4.11. The average molecular weight is 241 g/mol. The van der Waals surface area contributed by atoms with Gasteiger partial charge in [0.25, 0.3) is 0 Å². The molecule has 0 radical (unpaired) electrons. The summed E-state index contributed by atoms with van der Waals surface area (Å²) in [5, 5.41) is 2.09. The lowest BCUT2D eigenvalue weighted by atomic mass is 9.95. The predicted octanol–water partition coefficient (Wildman–Crippen LogP) is 3.54. The van der Waals surface area contributed by atoms with E-state index in [1.54, 1.807) is 0 Å². The molecule has 1 unspecified atom stereocenters. The Bertz CT molecular complexity index is 542. The summed E-state index contributed by atoms with van der Waals surface area (Å²) in [7, 11) is 0. The minimum Gasteiger partial charge on any atom is -0.321 e. The van der Waals surface area contributed by atoms with Crippen LogP contribution in [-0.2, 0) is 0 Å². The van der Waals surface area contributed by atoms with Gasteiger partial charge in [-0.15, -0.1) is 0 Å². The number of benzene rings is 2. The van der Waals surface area contributed by atoms with Crippen molar-refractivity contribution in [2.75, 3.05) is 0 Å². The first-order valence-electron chi connectivity index (χ1n) is 6.51. The number of hydrogen-bond donors (Lipinski definition) is 1. The van der Waals surface area contributed by atoms with Gasteiger partial charge >= 0.3 is 0 Å². The van der Waals surface area contributed by atoms with Crippen molar-refractivity contribution in [1.82, 2.24) is 0 Å². The summed E-state index contributed by atoms with van der Waals surface area (Å²) in [6, 6.07) is 13.4. The highest BCUT2D eigenvalue weighted by Gasteiger charge is 2.16. The molecule has 2 nitrogen and oxygen atoms in total. The van der Waals surface area contributed by atoms with E-state index in [4.69, 9.17) is 5.73 Å². The third-order valence-electron chi connectivity index (χ3n) is 3.26. The molecule has 94 valence electrons. The fourth-order valence-corrected chi connectivity index (χ4v) is 2.20. The number of Topliss-reactive ketones (excluding diaryl/α,β-unsaturated/α-hetero) is 1. The van der Waals surface area contributed by atoms with Crippen LogP contribution in [0.2, 0.25) is 0 Å². The van der Waals surface area contributed by atoms with Crippen molar-refractivity contribution in [3.63, 3.8) is 0 Å². The zero-order valence-corrected chi connectivity index (χ0v) is 10.7. The number of nitrogens with two attached hydrogens (primary N) is 1. The van der Waals surface area contributed by atoms with Crippen LogP contribution in [0, 0.1) is 0 Å². The van der Waals surface area contributed by atoms with E-state index < -0.39 is 0 Å². The Morgan fingerprint density at radius 1 is 1.17 bits per heavy atom. The summed E-state index contributed by atoms with van der Waals surface area (Å²) >= 11 is 0. The summed E-state index contributed by atoms with van der Waals surface area (Å²) in [5.41, 5.74) is 6.72. The summed E-state index contributed by atoms with van der Waals surface area (Å²) in [6.45, 7) is 2.11. The summed E-state index contributed by atoms with van der Waals surface area (Å²) in [4.78, 5) is 12.3. The van der Waals surface area contributed by atoms with E-state index in [-0.39, 0.29) is 11.8 Å². The third kappa shape index (κ3) is 2.59. The Labute approximate surface area is 108 Å². The van der Waals surface area contributed by atoms with Gasteiger partial charge in [0.2, 0.25) is 0 Å². The summed E-state index contributed by atoms with van der Waals surface area (Å²) in [5.74, 6) is 0.0558. The van der Waals surface area contributed by atoms with E-state index in [1.165, 1.54) is 0 Å². The molecule has 0 aliphatic heterocycles. The molecule has 18 heavy (non-hydrogen) atoms. The van der Waals surface area contributed by atoms with Crippen LogP contribution in [0.3, 0.4) is 0 Å². The molecule has 2 heteroatoms. The molecule has 2 aromatic rings. The number of hydrogen-bond acceptors (Lipinski definition) is 2. The van der Waals surface area contributed by atoms with Gasteiger partial charge in [0.05, 0.1) is 6.04 Å². The second kappa shape index (κ2) is 5.78. The Morgan fingerprint density at radius 2 is 1.89 bits per heavy atom. The standard InChI is InChI=1S/C16H19NO/c1-2-3-11-15(17)16(18)14-10-6-8-12-7-4-5-9-13(12)14/h4-10,15H,2-3,11,17H2,1H3. The monoisotopic (exact) mass is 241 g/mol. The molecule has 0 bridgehead atoms. The van der Waals surface area contributed by atoms with Gasteiger partial charge in [0.15, 0.2) is 5.78 Å². The molecule has 0 aromatic heterocycles. The Morgan fingerprint density at radius 3 is 2.67 bits per heavy atom. The third-order valence-corrected chi connectivity index (χ3v) is 3.26. The number of carbonyl (C=O) groups excluding carboxylic acids is 1. The maximum Gasteiger partial charge on any atom is 0.180 e. The summed E-state index contributed by atoms with van der Waals surface area (Å²) < 4.78 is 0. The number of rotatable bonds is 5. The second-order valence-electron chi connectivity index (χ2n) is 4.64. The lowest BCUT2D eigenvalue weighted by Crippen LogP contribution is -2.30. The number of unbranched alkanes of at least 4 members (excludes halogenated alkanes) is 1. The molecule has 0 saturated carbocycles. The number of carbonyl (C=O) groups is 1. The highest BCUT2D eigenvalue weighted by Crippen LogP contribution is 2.20. The Balaban J connectivity index is 2.33. The Hall–Kier alpha value is -1.67. The molecule has 2 rings (SSSR count). The molecule has 0 spiro atoms. The number of ketones is 1. The van der Waals surface area contributed by atoms with Gasteiger partial charge in [-0.1, -0.05) is 62.2 Å². The van der Waals surface area contributed by atoms with Crippen LogP contribution in [0.5, 0.6) is 0 Å². The van der Waals surface area contributed by atoms with Crippen molar-refractivity contribution >= 4 is 16.6 Å². The van der Waals surface area contributed by atoms with Crippen LogP contribution in [0.4, 0.5) is 0 Å². The quantitative estimate of drug-likeness (QED) is 0.814. The van der Waals surface area contributed by atoms with Crippen molar-refractivity contribution in [3.8, 4) is 0 Å². The minimum absolute atomic E-state index is 0.0558. The van der Waals surface area contributed by atoms with Gasteiger partial charge in [-0.25, -0.2) is 0 Å². The zero-order chi connectivity index (χ0) is 13.0. The topological polar surface area (TPSA) is 43.1 Å². The maximum atomic E-state index is 12.3. The molecule has 0 aliphatic carbocycles. The van der Waals surface area contributed by atoms with Crippen LogP contribution in [0.1, 0.15) is 36.5 Å². The fourth-order valence-electron chi connectivity index (χ4n) is 2.20. The van der Waals surface area contributed by atoms with E-state index >= 15 is 0 Å². The highest BCUT2D eigenvalue weighted by atomic mass is 16.1. The maximum absolute atomic E-state index is 12.3. The van der Waals surface area contributed by atoms with Crippen LogP contribution >= 0.6 is 0 Å². The SMILES string of the molecule is CCCCC(N)C(=O)c1cccc2ccccc12. The average Bonchev–Trinajstić information content (AvgIpc) is 2.43. The fraction of sp³-hybridized carbons (Fsp3) is 0.312. The van der Waals surface area contributed by atoms with E-state index in [1.807, 2.05) is 42.5 Å². The zero-order valence-electron chi connectivity index (χ0n) is 10.7. The highest BCUT2D eigenvalue weighted by molar-refractivity contribution is 6.10. The number of fused-ring (bicyclic) bond motifs is 1. The predicted molar refractivity (Wildman–Crippen MR) is 75.8 cm³/mol. The van der Waals surface area contributed by atoms with Gasteiger partial charge < -0.3 is 5.73 Å². The van der Waals surface area contributed by atoms with Gasteiger partial charge in [-0.05, 0) is 17.2 Å². The smallest absolute Gasteiger partial charge is 0.180 e. The van der Waals surface area contributed by atoms with Crippen molar-refractivity contribution in [2.24, 2.45) is 5.73 Å². The van der Waals surface area contributed by atoms with Crippen molar-refractivity contribution in [1.29, 1.82) is 0 Å². The van der Waals surface area contributed by atoms with E-state index in [0.29, 0.717) is 0 Å². The first kappa shape index (κ1) is 12.8. The first-order chi connectivity index (χ1) is 8.74. The van der Waals surface area contributed by atoms with Crippen molar-refractivity contribution in [2.45, 2.75) is 32.2 Å². The molecule has 2 N–H and O–H groups in total. The van der Waals surface area contributed by atoms with Crippen LogP contribution in [-0.4, -0.2) is 11.8 Å². The lowest BCUT2D eigenvalue weighted by molar-refractivity contribution is 0.0958. The van der Waals surface area contributed by atoms with Crippen molar-refractivity contribution in [3.05, 3.63) is 48.0 Å². The molecular weight excluding hydrogens is 222 g/mol. The summed E-state index contributed by atoms with van der Waals surface area (Å²) in [6.07, 6.45) is 2.83. The van der Waals surface area contributed by atoms with E-state index in [2.05, 4.69) is 6.92 Å². The van der Waals surface area contributed by atoms with E-state index in [9.17, 15) is 4.79 Å². The molecular formula is C16H19NO. The molecule has 0 fully saturated rings. The minimum atomic E-state index is -0.379. The second-order valence-corrected chi connectivity index (χ2v) is 4.64. The molecule has 0 heterocycles.